The molecule has 0 fully saturated rings. The quantitative estimate of drug-likeness (QED) is 0.891. The van der Waals surface area contributed by atoms with Gasteiger partial charge in [-0.1, -0.05) is 28.1 Å². The maximum Gasteiger partial charge on any atom is 0.160 e. The van der Waals surface area contributed by atoms with Crippen molar-refractivity contribution in [3.05, 3.63) is 52.0 Å². The van der Waals surface area contributed by atoms with Crippen molar-refractivity contribution in [2.45, 2.75) is 13.5 Å². The summed E-state index contributed by atoms with van der Waals surface area (Å²) in [5, 5.41) is 13.1. The summed E-state index contributed by atoms with van der Waals surface area (Å²) in [7, 11) is 1.54. The largest absolute Gasteiger partial charge is 0.504 e. The molecule has 0 aliphatic heterocycles. The molecule has 0 atom stereocenters. The van der Waals surface area contributed by atoms with Gasteiger partial charge in [-0.15, -0.1) is 0 Å². The van der Waals surface area contributed by atoms with Crippen LogP contribution in [0.15, 0.2) is 40.9 Å². The zero-order chi connectivity index (χ0) is 13.8. The summed E-state index contributed by atoms with van der Waals surface area (Å²) >= 11 is 3.51. The molecule has 0 spiro atoms. The highest BCUT2D eigenvalue weighted by Gasteiger charge is 2.04. The monoisotopic (exact) mass is 321 g/mol. The Hall–Kier alpha value is -1.68. The molecule has 2 rings (SSSR count). The van der Waals surface area contributed by atoms with E-state index in [9.17, 15) is 5.11 Å². The van der Waals surface area contributed by atoms with Gasteiger partial charge in [-0.05, 0) is 42.3 Å². The molecular formula is C15H16BrNO2. The van der Waals surface area contributed by atoms with Crippen LogP contribution in [0.3, 0.4) is 0 Å². The van der Waals surface area contributed by atoms with Crippen LogP contribution in [0.25, 0.3) is 0 Å². The number of rotatable bonds is 4. The molecule has 3 nitrogen and oxygen atoms in total. The number of ether oxygens (including phenoxy) is 1. The van der Waals surface area contributed by atoms with Gasteiger partial charge in [0.25, 0.3) is 0 Å². The minimum Gasteiger partial charge on any atom is -0.504 e. The molecule has 100 valence electrons. The summed E-state index contributed by atoms with van der Waals surface area (Å²) in [5.74, 6) is 0.648. The second kappa shape index (κ2) is 5.97. The molecular weight excluding hydrogens is 306 g/mol. The van der Waals surface area contributed by atoms with E-state index >= 15 is 0 Å². The normalized spacial score (nSPS) is 10.3. The van der Waals surface area contributed by atoms with Crippen molar-refractivity contribution in [1.82, 2.24) is 0 Å². The van der Waals surface area contributed by atoms with E-state index in [0.717, 1.165) is 15.7 Å². The summed E-state index contributed by atoms with van der Waals surface area (Å²) in [6.45, 7) is 2.70. The van der Waals surface area contributed by atoms with Gasteiger partial charge in [-0.3, -0.25) is 0 Å². The highest BCUT2D eigenvalue weighted by Crippen LogP contribution is 2.27. The molecule has 0 aromatic heterocycles. The first kappa shape index (κ1) is 13.7. The van der Waals surface area contributed by atoms with Gasteiger partial charge in [0.15, 0.2) is 11.5 Å². The first-order valence-electron chi connectivity index (χ1n) is 5.96. The van der Waals surface area contributed by atoms with Crippen molar-refractivity contribution in [3.8, 4) is 11.5 Å². The van der Waals surface area contributed by atoms with Gasteiger partial charge in [0.2, 0.25) is 0 Å². The van der Waals surface area contributed by atoms with E-state index in [1.54, 1.807) is 12.1 Å². The molecule has 4 heteroatoms. The fourth-order valence-corrected chi connectivity index (χ4v) is 2.21. The van der Waals surface area contributed by atoms with Crippen LogP contribution in [-0.2, 0) is 6.54 Å². The van der Waals surface area contributed by atoms with Crippen molar-refractivity contribution >= 4 is 21.6 Å². The predicted octanol–water partition coefficient (Wildman–Crippen LogP) is 4.08. The third-order valence-corrected chi connectivity index (χ3v) is 3.85. The number of methoxy groups -OCH3 is 1. The summed E-state index contributed by atoms with van der Waals surface area (Å²) in [4.78, 5) is 0. The summed E-state index contributed by atoms with van der Waals surface area (Å²) in [5.41, 5.74) is 3.24. The van der Waals surface area contributed by atoms with Gasteiger partial charge in [-0.25, -0.2) is 0 Å². The van der Waals surface area contributed by atoms with Crippen LogP contribution in [0.1, 0.15) is 11.1 Å². The minimum atomic E-state index is 0.160. The van der Waals surface area contributed by atoms with Crippen LogP contribution in [0, 0.1) is 6.92 Å². The van der Waals surface area contributed by atoms with Crippen molar-refractivity contribution in [2.75, 3.05) is 12.4 Å². The molecule has 19 heavy (non-hydrogen) atoms. The molecule has 0 amide bonds. The number of benzene rings is 2. The number of aromatic hydroxyl groups is 1. The number of phenolic OH excluding ortho intramolecular Hbond substituents is 1. The Labute approximate surface area is 121 Å². The number of nitrogens with one attached hydrogen (secondary N) is 1. The highest BCUT2D eigenvalue weighted by atomic mass is 79.9. The first-order chi connectivity index (χ1) is 9.11. The van der Waals surface area contributed by atoms with Crippen LogP contribution in [0.4, 0.5) is 5.69 Å². The Kier molecular flexibility index (Phi) is 4.32. The average Bonchev–Trinajstić information content (AvgIpc) is 2.40. The molecule has 0 aliphatic carbocycles. The van der Waals surface area contributed by atoms with E-state index in [4.69, 9.17) is 4.74 Å². The maximum atomic E-state index is 9.73. The lowest BCUT2D eigenvalue weighted by molar-refractivity contribution is 0.373. The van der Waals surface area contributed by atoms with E-state index in [0.29, 0.717) is 12.3 Å². The Bertz CT molecular complexity index is 584. The topological polar surface area (TPSA) is 41.5 Å². The molecule has 0 radical (unpaired) electrons. The standard InChI is InChI=1S/C15H16BrNO2/c1-10-12(16)4-3-5-13(10)17-9-11-6-7-15(19-2)14(18)8-11/h3-8,17-18H,9H2,1-2H3. The van der Waals surface area contributed by atoms with Crippen LogP contribution >= 0.6 is 15.9 Å². The van der Waals surface area contributed by atoms with E-state index in [-0.39, 0.29) is 5.75 Å². The predicted molar refractivity (Wildman–Crippen MR) is 80.9 cm³/mol. The maximum absolute atomic E-state index is 9.73. The molecule has 0 saturated heterocycles. The Morgan fingerprint density at radius 2 is 2.05 bits per heavy atom. The van der Waals surface area contributed by atoms with Gasteiger partial charge in [-0.2, -0.15) is 0 Å². The third kappa shape index (κ3) is 3.20. The second-order valence-corrected chi connectivity index (χ2v) is 5.13. The Balaban J connectivity index is 2.10. The van der Waals surface area contributed by atoms with Crippen molar-refractivity contribution in [2.24, 2.45) is 0 Å². The SMILES string of the molecule is COc1ccc(CNc2cccc(Br)c2C)cc1O. The van der Waals surface area contributed by atoms with Crippen molar-refractivity contribution in [1.29, 1.82) is 0 Å². The summed E-state index contributed by atoms with van der Waals surface area (Å²) < 4.78 is 6.10. The molecule has 0 saturated carbocycles. The fraction of sp³-hybridized carbons (Fsp3) is 0.200. The lowest BCUT2D eigenvalue weighted by Crippen LogP contribution is -2.01. The van der Waals surface area contributed by atoms with E-state index in [2.05, 4.69) is 28.2 Å². The van der Waals surface area contributed by atoms with Gasteiger partial charge < -0.3 is 15.2 Å². The lowest BCUT2D eigenvalue weighted by atomic mass is 10.1. The molecule has 0 heterocycles. The smallest absolute Gasteiger partial charge is 0.160 e. The first-order valence-corrected chi connectivity index (χ1v) is 6.76. The van der Waals surface area contributed by atoms with Crippen LogP contribution in [0.5, 0.6) is 11.5 Å². The summed E-state index contributed by atoms with van der Waals surface area (Å²) in [6, 6.07) is 11.4. The molecule has 2 N–H and O–H groups in total. The van der Waals surface area contributed by atoms with E-state index < -0.39 is 0 Å². The third-order valence-electron chi connectivity index (χ3n) is 2.99. The second-order valence-electron chi connectivity index (χ2n) is 4.27. The highest BCUT2D eigenvalue weighted by molar-refractivity contribution is 9.10. The van der Waals surface area contributed by atoms with Gasteiger partial charge >= 0.3 is 0 Å². The van der Waals surface area contributed by atoms with Crippen LogP contribution < -0.4 is 10.1 Å². The van der Waals surface area contributed by atoms with E-state index in [1.807, 2.05) is 24.3 Å². The average molecular weight is 322 g/mol. The van der Waals surface area contributed by atoms with Crippen LogP contribution in [0.2, 0.25) is 0 Å². The lowest BCUT2D eigenvalue weighted by Gasteiger charge is -2.11. The Morgan fingerprint density at radius 3 is 2.74 bits per heavy atom. The van der Waals surface area contributed by atoms with Gasteiger partial charge in [0.1, 0.15) is 0 Å². The number of hydrogen-bond donors (Lipinski definition) is 2. The number of halogens is 1. The van der Waals surface area contributed by atoms with Gasteiger partial charge in [0, 0.05) is 16.7 Å². The fourth-order valence-electron chi connectivity index (χ4n) is 1.84. The molecule has 2 aromatic carbocycles. The van der Waals surface area contributed by atoms with Crippen LogP contribution in [-0.4, -0.2) is 12.2 Å². The zero-order valence-electron chi connectivity index (χ0n) is 10.9. The molecule has 0 unspecified atom stereocenters. The van der Waals surface area contributed by atoms with E-state index in [1.165, 1.54) is 12.7 Å². The van der Waals surface area contributed by atoms with Crippen molar-refractivity contribution in [3.63, 3.8) is 0 Å². The zero-order valence-corrected chi connectivity index (χ0v) is 12.5. The Morgan fingerprint density at radius 1 is 1.26 bits per heavy atom. The van der Waals surface area contributed by atoms with Crippen molar-refractivity contribution < 1.29 is 9.84 Å². The number of anilines is 1. The minimum absolute atomic E-state index is 0.160. The molecule has 0 bridgehead atoms. The summed E-state index contributed by atoms with van der Waals surface area (Å²) in [6.07, 6.45) is 0. The number of phenols is 1. The molecule has 0 aliphatic rings. The number of hydrogen-bond acceptors (Lipinski definition) is 3. The molecule has 2 aromatic rings. The van der Waals surface area contributed by atoms with Gasteiger partial charge in [0.05, 0.1) is 7.11 Å².